The number of carbonyl (C=O) groups is 1. The van der Waals surface area contributed by atoms with E-state index in [1.165, 1.54) is 30.3 Å². The minimum Gasteiger partial charge on any atom is -0.482 e. The molecule has 0 aliphatic heterocycles. The predicted octanol–water partition coefficient (Wildman–Crippen LogP) is 3.60. The number of halogens is 3. The zero-order chi connectivity index (χ0) is 17.7. The van der Waals surface area contributed by atoms with E-state index < -0.39 is 35.0 Å². The van der Waals surface area contributed by atoms with Crippen LogP contribution < -0.4 is 9.47 Å². The third kappa shape index (κ3) is 4.45. The van der Waals surface area contributed by atoms with Crippen molar-refractivity contribution in [3.8, 4) is 11.5 Å². The summed E-state index contributed by atoms with van der Waals surface area (Å²) < 4.78 is 48.0. The van der Waals surface area contributed by atoms with Gasteiger partial charge in [0.05, 0.1) is 16.6 Å². The summed E-state index contributed by atoms with van der Waals surface area (Å²) in [6.45, 7) is -0.701. The number of esters is 1. The second kappa shape index (κ2) is 6.99. The number of alkyl halides is 3. The number of nitro benzene ring substituents is 1. The number of nitro groups is 1. The average Bonchev–Trinajstić information content (AvgIpc) is 2.52. The normalized spacial score (nSPS) is 11.0. The third-order valence-corrected chi connectivity index (χ3v) is 2.80. The number of rotatable bonds is 5. The molecule has 126 valence electrons. The molecule has 0 spiro atoms. The molecule has 0 heterocycles. The molecule has 0 N–H and O–H groups in total. The van der Waals surface area contributed by atoms with Crippen molar-refractivity contribution >= 4 is 11.7 Å². The molecular formula is C15H10F3NO5. The third-order valence-electron chi connectivity index (χ3n) is 2.80. The number of hydrogen-bond acceptors (Lipinski definition) is 5. The first kappa shape index (κ1) is 17.3. The van der Waals surface area contributed by atoms with Crippen molar-refractivity contribution in [1.29, 1.82) is 0 Å². The summed E-state index contributed by atoms with van der Waals surface area (Å²) in [4.78, 5) is 21.6. The van der Waals surface area contributed by atoms with Crippen LogP contribution in [0, 0.1) is 10.1 Å². The van der Waals surface area contributed by atoms with Crippen LogP contribution in [-0.2, 0) is 11.0 Å². The van der Waals surface area contributed by atoms with Crippen molar-refractivity contribution in [3.63, 3.8) is 0 Å². The Kier molecular flexibility index (Phi) is 5.02. The Labute approximate surface area is 133 Å². The zero-order valence-corrected chi connectivity index (χ0v) is 11.9. The maximum atomic E-state index is 12.8. The van der Waals surface area contributed by atoms with Gasteiger partial charge in [0.25, 0.3) is 5.69 Å². The topological polar surface area (TPSA) is 78.7 Å². The predicted molar refractivity (Wildman–Crippen MR) is 75.7 cm³/mol. The molecule has 0 amide bonds. The summed E-state index contributed by atoms with van der Waals surface area (Å²) in [5.74, 6) is -1.69. The first-order chi connectivity index (χ1) is 11.3. The molecule has 0 aromatic heterocycles. The maximum Gasteiger partial charge on any atom is 0.419 e. The molecule has 2 rings (SSSR count). The molecule has 0 fully saturated rings. The molecule has 2 aromatic carbocycles. The summed E-state index contributed by atoms with van der Waals surface area (Å²) in [6.07, 6.45) is -4.67. The smallest absolute Gasteiger partial charge is 0.419 e. The van der Waals surface area contributed by atoms with Gasteiger partial charge in [-0.05, 0) is 18.2 Å². The molecule has 0 atom stereocenters. The van der Waals surface area contributed by atoms with Gasteiger partial charge in [-0.25, -0.2) is 4.79 Å². The van der Waals surface area contributed by atoms with Crippen molar-refractivity contribution in [1.82, 2.24) is 0 Å². The van der Waals surface area contributed by atoms with E-state index in [4.69, 9.17) is 4.74 Å². The molecule has 9 heteroatoms. The van der Waals surface area contributed by atoms with Crippen LogP contribution in [-0.4, -0.2) is 17.5 Å². The van der Waals surface area contributed by atoms with Crippen LogP contribution in [0.25, 0.3) is 0 Å². The summed E-state index contributed by atoms with van der Waals surface area (Å²) in [6, 6.07) is 9.26. The van der Waals surface area contributed by atoms with Gasteiger partial charge in [0, 0.05) is 6.07 Å². The van der Waals surface area contributed by atoms with Crippen LogP contribution in [0.3, 0.4) is 0 Å². The molecular weight excluding hydrogens is 331 g/mol. The van der Waals surface area contributed by atoms with E-state index >= 15 is 0 Å². The highest BCUT2D eigenvalue weighted by Gasteiger charge is 2.34. The SMILES string of the molecule is O=C(COc1cccc([N+](=O)[O-])c1)Oc1ccccc1C(F)(F)F. The van der Waals surface area contributed by atoms with Gasteiger partial charge in [0.15, 0.2) is 6.61 Å². The Bertz CT molecular complexity index is 761. The highest BCUT2D eigenvalue weighted by atomic mass is 19.4. The first-order valence-corrected chi connectivity index (χ1v) is 6.51. The standard InChI is InChI=1S/C15H10F3NO5/c16-15(17,18)12-6-1-2-7-13(12)24-14(20)9-23-11-5-3-4-10(8-11)19(21)22/h1-8H,9H2. The van der Waals surface area contributed by atoms with E-state index in [0.29, 0.717) is 0 Å². The van der Waals surface area contributed by atoms with E-state index in [-0.39, 0.29) is 11.4 Å². The summed E-state index contributed by atoms with van der Waals surface area (Å²) in [5, 5.41) is 10.6. The molecule has 2 aromatic rings. The molecule has 24 heavy (non-hydrogen) atoms. The van der Waals surface area contributed by atoms with Crippen molar-refractivity contribution < 1.29 is 32.4 Å². The van der Waals surface area contributed by atoms with Crippen LogP contribution in [0.15, 0.2) is 48.5 Å². The highest BCUT2D eigenvalue weighted by molar-refractivity contribution is 5.74. The maximum absolute atomic E-state index is 12.8. The van der Waals surface area contributed by atoms with Crippen molar-refractivity contribution in [2.75, 3.05) is 6.61 Å². The lowest BCUT2D eigenvalue weighted by molar-refractivity contribution is -0.384. The summed E-state index contributed by atoms with van der Waals surface area (Å²) >= 11 is 0. The number of nitrogens with zero attached hydrogens (tertiary/aromatic N) is 1. The molecule has 0 unspecified atom stereocenters. The fourth-order valence-corrected chi connectivity index (χ4v) is 1.77. The highest BCUT2D eigenvalue weighted by Crippen LogP contribution is 2.35. The van der Waals surface area contributed by atoms with Crippen LogP contribution in [0.5, 0.6) is 11.5 Å². The minimum atomic E-state index is -4.67. The molecule has 0 radical (unpaired) electrons. The van der Waals surface area contributed by atoms with Gasteiger partial charge in [-0.2, -0.15) is 13.2 Å². The molecule has 0 saturated heterocycles. The molecule has 0 saturated carbocycles. The Morgan fingerprint density at radius 1 is 1.12 bits per heavy atom. The molecule has 0 bridgehead atoms. The second-order valence-electron chi connectivity index (χ2n) is 4.51. The van der Waals surface area contributed by atoms with E-state index in [0.717, 1.165) is 18.2 Å². The van der Waals surface area contributed by atoms with Gasteiger partial charge in [0.2, 0.25) is 0 Å². The van der Waals surface area contributed by atoms with Gasteiger partial charge >= 0.3 is 12.1 Å². The number of ether oxygens (including phenoxy) is 2. The van der Waals surface area contributed by atoms with Crippen molar-refractivity contribution in [3.05, 3.63) is 64.2 Å². The Hall–Kier alpha value is -3.10. The Balaban J connectivity index is 2.02. The summed E-state index contributed by atoms with van der Waals surface area (Å²) in [7, 11) is 0. The van der Waals surface area contributed by atoms with Crippen LogP contribution in [0.2, 0.25) is 0 Å². The number of carbonyl (C=O) groups excluding carboxylic acids is 1. The quantitative estimate of drug-likeness (QED) is 0.359. The fourth-order valence-electron chi connectivity index (χ4n) is 1.77. The second-order valence-corrected chi connectivity index (χ2v) is 4.51. The summed E-state index contributed by atoms with van der Waals surface area (Å²) in [5.41, 5.74) is -1.34. The minimum absolute atomic E-state index is 0.0188. The van der Waals surface area contributed by atoms with Gasteiger partial charge in [-0.3, -0.25) is 10.1 Å². The van der Waals surface area contributed by atoms with E-state index in [1.54, 1.807) is 0 Å². The van der Waals surface area contributed by atoms with Crippen LogP contribution in [0.4, 0.5) is 18.9 Å². The van der Waals surface area contributed by atoms with E-state index in [1.807, 2.05) is 0 Å². The number of hydrogen-bond donors (Lipinski definition) is 0. The molecule has 6 nitrogen and oxygen atoms in total. The fraction of sp³-hybridized carbons (Fsp3) is 0.133. The molecule has 0 aliphatic rings. The van der Waals surface area contributed by atoms with E-state index in [2.05, 4.69) is 4.74 Å². The Morgan fingerprint density at radius 3 is 2.50 bits per heavy atom. The van der Waals surface area contributed by atoms with Gasteiger partial charge in [-0.1, -0.05) is 18.2 Å². The Morgan fingerprint density at radius 2 is 1.83 bits per heavy atom. The molecule has 0 aliphatic carbocycles. The lowest BCUT2D eigenvalue weighted by Gasteiger charge is -2.12. The number of benzene rings is 2. The van der Waals surface area contributed by atoms with Gasteiger partial charge in [-0.15, -0.1) is 0 Å². The first-order valence-electron chi connectivity index (χ1n) is 6.51. The van der Waals surface area contributed by atoms with E-state index in [9.17, 15) is 28.1 Å². The lowest BCUT2D eigenvalue weighted by Crippen LogP contribution is -2.19. The van der Waals surface area contributed by atoms with Crippen LogP contribution in [0.1, 0.15) is 5.56 Å². The van der Waals surface area contributed by atoms with Crippen molar-refractivity contribution in [2.45, 2.75) is 6.18 Å². The van der Waals surface area contributed by atoms with Gasteiger partial charge < -0.3 is 9.47 Å². The largest absolute Gasteiger partial charge is 0.482 e. The van der Waals surface area contributed by atoms with Crippen molar-refractivity contribution in [2.24, 2.45) is 0 Å². The average molecular weight is 341 g/mol. The lowest BCUT2D eigenvalue weighted by atomic mass is 10.2. The number of non-ortho nitro benzene ring substituents is 1. The number of para-hydroxylation sites is 1. The van der Waals surface area contributed by atoms with Gasteiger partial charge in [0.1, 0.15) is 11.5 Å². The monoisotopic (exact) mass is 341 g/mol. The van der Waals surface area contributed by atoms with Crippen LogP contribution >= 0.6 is 0 Å². The zero-order valence-electron chi connectivity index (χ0n) is 11.9.